The summed E-state index contributed by atoms with van der Waals surface area (Å²) in [4.78, 5) is 19.2. The number of carbonyl (C=O) groups excluding carboxylic acids is 1. The molecular weight excluding hydrogens is 450 g/mol. The number of halogens is 3. The van der Waals surface area contributed by atoms with Crippen LogP contribution >= 0.6 is 23.2 Å². The Morgan fingerprint density at radius 2 is 1.84 bits per heavy atom. The first-order valence-corrected chi connectivity index (χ1v) is 11.6. The summed E-state index contributed by atoms with van der Waals surface area (Å²) in [5.41, 5.74) is 0.845. The van der Waals surface area contributed by atoms with Crippen LogP contribution in [0.3, 0.4) is 0 Å². The summed E-state index contributed by atoms with van der Waals surface area (Å²) in [5, 5.41) is 8.00. The van der Waals surface area contributed by atoms with Gasteiger partial charge in [0.15, 0.2) is 0 Å². The second-order valence-corrected chi connectivity index (χ2v) is 8.84. The van der Waals surface area contributed by atoms with Crippen LogP contribution in [0.4, 0.5) is 21.6 Å². The molecule has 2 heterocycles. The largest absolute Gasteiger partial charge is 0.337 e. The molecule has 0 bridgehead atoms. The van der Waals surface area contributed by atoms with Crippen LogP contribution in [0.25, 0.3) is 10.8 Å². The van der Waals surface area contributed by atoms with Crippen molar-refractivity contribution in [1.29, 1.82) is 0 Å². The molecule has 2 aromatic carbocycles. The molecule has 1 amide bonds. The minimum absolute atomic E-state index is 0.0183. The van der Waals surface area contributed by atoms with Crippen LogP contribution in [0.5, 0.6) is 0 Å². The van der Waals surface area contributed by atoms with E-state index in [1.165, 1.54) is 25.3 Å². The van der Waals surface area contributed by atoms with Crippen LogP contribution in [-0.2, 0) is 4.79 Å². The van der Waals surface area contributed by atoms with Gasteiger partial charge in [-0.3, -0.25) is 4.79 Å². The Morgan fingerprint density at radius 3 is 2.66 bits per heavy atom. The van der Waals surface area contributed by atoms with Gasteiger partial charge in [-0.2, -0.15) is 0 Å². The number of pyridine rings is 1. The summed E-state index contributed by atoms with van der Waals surface area (Å²) < 4.78 is 14.3. The van der Waals surface area contributed by atoms with E-state index in [2.05, 4.69) is 20.5 Å². The Hall–Kier alpha value is -2.41. The van der Waals surface area contributed by atoms with E-state index in [0.29, 0.717) is 17.9 Å². The lowest BCUT2D eigenvalue weighted by molar-refractivity contribution is -0.116. The Morgan fingerprint density at radius 1 is 1.06 bits per heavy atom. The molecule has 1 aliphatic heterocycles. The van der Waals surface area contributed by atoms with Crippen molar-refractivity contribution in [2.24, 2.45) is 0 Å². The minimum Gasteiger partial charge on any atom is -0.337 e. The van der Waals surface area contributed by atoms with Crippen LogP contribution in [0.1, 0.15) is 32.1 Å². The standard InChI is InChI=1S/C24H25Cl2FN4O/c25-19-14-21(27)22(15-20(19)26)30-24-18-13-17(7-6-16(18)8-9-28-24)29-23(32)5-4-12-31-10-2-1-3-11-31/h6-9,13-15H,1-5,10-12H2,(H,28,30)(H,29,32). The van der Waals surface area contributed by atoms with E-state index in [0.717, 1.165) is 42.9 Å². The zero-order chi connectivity index (χ0) is 22.5. The van der Waals surface area contributed by atoms with Gasteiger partial charge in [0.2, 0.25) is 5.91 Å². The molecule has 3 aromatic rings. The average Bonchev–Trinajstić information content (AvgIpc) is 2.78. The number of fused-ring (bicyclic) bond motifs is 1. The predicted molar refractivity (Wildman–Crippen MR) is 130 cm³/mol. The van der Waals surface area contributed by atoms with Gasteiger partial charge in [-0.1, -0.05) is 35.7 Å². The molecule has 0 radical (unpaired) electrons. The predicted octanol–water partition coefficient (Wildman–Crippen LogP) is 6.63. The highest BCUT2D eigenvalue weighted by atomic mass is 35.5. The fourth-order valence-electron chi connectivity index (χ4n) is 3.96. The van der Waals surface area contributed by atoms with Crippen LogP contribution in [0, 0.1) is 5.82 Å². The third-order valence-electron chi connectivity index (χ3n) is 5.64. The highest BCUT2D eigenvalue weighted by Gasteiger charge is 2.13. The smallest absolute Gasteiger partial charge is 0.224 e. The van der Waals surface area contributed by atoms with E-state index in [1.54, 1.807) is 6.20 Å². The summed E-state index contributed by atoms with van der Waals surface area (Å²) in [7, 11) is 0. The van der Waals surface area contributed by atoms with Crippen LogP contribution in [-0.4, -0.2) is 35.4 Å². The molecule has 1 saturated heterocycles. The van der Waals surface area contributed by atoms with Crippen molar-refractivity contribution in [3.05, 3.63) is 58.5 Å². The molecule has 0 aliphatic carbocycles. The Labute approximate surface area is 196 Å². The normalized spacial score (nSPS) is 14.5. The third kappa shape index (κ3) is 5.68. The van der Waals surface area contributed by atoms with E-state index in [4.69, 9.17) is 23.2 Å². The van der Waals surface area contributed by atoms with Crippen molar-refractivity contribution in [3.8, 4) is 0 Å². The summed E-state index contributed by atoms with van der Waals surface area (Å²) in [5.74, 6) is -0.0901. The van der Waals surface area contributed by atoms with Crippen molar-refractivity contribution in [1.82, 2.24) is 9.88 Å². The molecule has 1 fully saturated rings. The van der Waals surface area contributed by atoms with E-state index >= 15 is 0 Å². The second kappa shape index (κ2) is 10.5. The molecule has 0 atom stereocenters. The lowest BCUT2D eigenvalue weighted by atomic mass is 10.1. The number of anilines is 3. The number of aromatic nitrogens is 1. The van der Waals surface area contributed by atoms with Gasteiger partial charge in [0.1, 0.15) is 11.6 Å². The number of nitrogens with zero attached hydrogens (tertiary/aromatic N) is 2. The first-order valence-electron chi connectivity index (χ1n) is 10.8. The number of hydrogen-bond acceptors (Lipinski definition) is 4. The molecule has 4 rings (SSSR count). The second-order valence-electron chi connectivity index (χ2n) is 8.02. The van der Waals surface area contributed by atoms with Gasteiger partial charge >= 0.3 is 0 Å². The molecule has 8 heteroatoms. The highest BCUT2D eigenvalue weighted by Crippen LogP contribution is 2.32. The van der Waals surface area contributed by atoms with Crippen LogP contribution in [0.15, 0.2) is 42.6 Å². The summed E-state index contributed by atoms with van der Waals surface area (Å²) >= 11 is 11.9. The fourth-order valence-corrected chi connectivity index (χ4v) is 4.28. The van der Waals surface area contributed by atoms with Gasteiger partial charge in [-0.25, -0.2) is 9.37 Å². The lowest BCUT2D eigenvalue weighted by Gasteiger charge is -2.26. The number of nitrogens with one attached hydrogen (secondary N) is 2. The number of rotatable bonds is 7. The number of benzene rings is 2. The van der Waals surface area contributed by atoms with Gasteiger partial charge < -0.3 is 15.5 Å². The molecule has 2 N–H and O–H groups in total. The fraction of sp³-hybridized carbons (Fsp3) is 0.333. The van der Waals surface area contributed by atoms with Crippen molar-refractivity contribution < 1.29 is 9.18 Å². The third-order valence-corrected chi connectivity index (χ3v) is 6.36. The summed E-state index contributed by atoms with van der Waals surface area (Å²) in [6, 6.07) is 10.0. The highest BCUT2D eigenvalue weighted by molar-refractivity contribution is 6.42. The topological polar surface area (TPSA) is 57.3 Å². The SMILES string of the molecule is O=C(CCCN1CCCCC1)Nc1ccc2ccnc(Nc3cc(Cl)c(Cl)cc3F)c2c1. The first-order chi connectivity index (χ1) is 15.5. The maximum Gasteiger partial charge on any atom is 0.224 e. The van der Waals surface area contributed by atoms with E-state index in [9.17, 15) is 9.18 Å². The zero-order valence-corrected chi connectivity index (χ0v) is 19.1. The van der Waals surface area contributed by atoms with Gasteiger partial charge in [0, 0.05) is 23.7 Å². The monoisotopic (exact) mass is 474 g/mol. The number of likely N-dealkylation sites (tertiary alicyclic amines) is 1. The number of carbonyl (C=O) groups is 1. The Kier molecular flexibility index (Phi) is 7.45. The molecule has 0 spiro atoms. The van der Waals surface area contributed by atoms with Gasteiger partial charge in [0.25, 0.3) is 0 Å². The average molecular weight is 475 g/mol. The summed E-state index contributed by atoms with van der Waals surface area (Å²) in [6.45, 7) is 3.22. The molecule has 0 saturated carbocycles. The maximum absolute atomic E-state index is 14.3. The quantitative estimate of drug-likeness (QED) is 0.377. The van der Waals surface area contributed by atoms with Crippen LogP contribution in [0.2, 0.25) is 10.0 Å². The number of amides is 1. The van der Waals surface area contributed by atoms with Gasteiger partial charge in [-0.15, -0.1) is 0 Å². The van der Waals surface area contributed by atoms with Crippen molar-refractivity contribution in [2.45, 2.75) is 32.1 Å². The molecule has 0 unspecified atom stereocenters. The first kappa shape index (κ1) is 22.8. The Balaban J connectivity index is 1.45. The number of piperidine rings is 1. The lowest BCUT2D eigenvalue weighted by Crippen LogP contribution is -2.31. The molecule has 32 heavy (non-hydrogen) atoms. The number of hydrogen-bond donors (Lipinski definition) is 2. The van der Waals surface area contributed by atoms with Gasteiger partial charge in [0.05, 0.1) is 15.7 Å². The van der Waals surface area contributed by atoms with E-state index < -0.39 is 5.82 Å². The Bertz CT molecular complexity index is 1120. The zero-order valence-electron chi connectivity index (χ0n) is 17.6. The molecule has 5 nitrogen and oxygen atoms in total. The van der Waals surface area contributed by atoms with E-state index in [-0.39, 0.29) is 21.6 Å². The van der Waals surface area contributed by atoms with Crippen molar-refractivity contribution in [3.63, 3.8) is 0 Å². The van der Waals surface area contributed by atoms with Gasteiger partial charge in [-0.05, 0) is 74.6 Å². The van der Waals surface area contributed by atoms with Crippen molar-refractivity contribution in [2.75, 3.05) is 30.3 Å². The minimum atomic E-state index is -0.531. The maximum atomic E-state index is 14.3. The molecule has 1 aromatic heterocycles. The molecular formula is C24H25Cl2FN4O. The van der Waals surface area contributed by atoms with Crippen molar-refractivity contribution >= 4 is 57.1 Å². The summed E-state index contributed by atoms with van der Waals surface area (Å²) in [6.07, 6.45) is 6.76. The van der Waals surface area contributed by atoms with Crippen LogP contribution < -0.4 is 10.6 Å². The molecule has 168 valence electrons. The molecule has 1 aliphatic rings. The van der Waals surface area contributed by atoms with E-state index in [1.807, 2.05) is 24.3 Å².